The maximum Gasteiger partial charge on any atom is 0.231 e. The van der Waals surface area contributed by atoms with E-state index in [1.165, 1.54) is 0 Å². The third-order valence-electron chi connectivity index (χ3n) is 3.14. The molecule has 1 heterocycles. The molecular formula is C15H21N3O3. The minimum Gasteiger partial charge on any atom is -0.496 e. The monoisotopic (exact) mass is 291 g/mol. The maximum atomic E-state index is 5.87. The number of ether oxygens (including phenoxy) is 2. The average molecular weight is 291 g/mol. The number of nitrogens with two attached hydrogens (primary N) is 1. The molecule has 114 valence electrons. The summed E-state index contributed by atoms with van der Waals surface area (Å²) in [7, 11) is 3.28. The van der Waals surface area contributed by atoms with Gasteiger partial charge in [-0.3, -0.25) is 0 Å². The van der Waals surface area contributed by atoms with E-state index in [1.54, 1.807) is 21.1 Å². The highest BCUT2D eigenvalue weighted by atomic mass is 16.5. The largest absolute Gasteiger partial charge is 0.496 e. The van der Waals surface area contributed by atoms with Gasteiger partial charge >= 0.3 is 0 Å². The predicted molar refractivity (Wildman–Crippen MR) is 78.7 cm³/mol. The van der Waals surface area contributed by atoms with Gasteiger partial charge in [0.2, 0.25) is 5.89 Å². The lowest BCUT2D eigenvalue weighted by molar-refractivity contribution is 0.373. The Morgan fingerprint density at radius 2 is 1.81 bits per heavy atom. The van der Waals surface area contributed by atoms with Gasteiger partial charge in [0.05, 0.1) is 20.6 Å². The lowest BCUT2D eigenvalue weighted by Crippen LogP contribution is -2.18. The number of methoxy groups -OCH3 is 2. The molecule has 0 aliphatic rings. The Kier molecular flexibility index (Phi) is 4.80. The van der Waals surface area contributed by atoms with E-state index in [9.17, 15) is 0 Å². The second-order valence-corrected chi connectivity index (χ2v) is 5.07. The Morgan fingerprint density at radius 3 is 2.33 bits per heavy atom. The van der Waals surface area contributed by atoms with Crippen molar-refractivity contribution in [3.63, 3.8) is 0 Å². The quantitative estimate of drug-likeness (QED) is 0.875. The smallest absolute Gasteiger partial charge is 0.231 e. The summed E-state index contributed by atoms with van der Waals surface area (Å²) in [6.07, 6.45) is 1.22. The predicted octanol–water partition coefficient (Wildman–Crippen LogP) is 1.88. The van der Waals surface area contributed by atoms with Gasteiger partial charge in [0, 0.05) is 11.6 Å². The summed E-state index contributed by atoms with van der Waals surface area (Å²) in [5.41, 5.74) is 7.83. The second-order valence-electron chi connectivity index (χ2n) is 5.07. The maximum absolute atomic E-state index is 5.87. The fourth-order valence-electron chi connectivity index (χ4n) is 2.24. The molecule has 0 saturated heterocycles. The van der Waals surface area contributed by atoms with Crippen LogP contribution in [0.4, 0.5) is 0 Å². The minimum absolute atomic E-state index is 0.0491. The lowest BCUT2D eigenvalue weighted by Gasteiger charge is -2.15. The standard InChI is InChI=1S/C15H21N3O3/c1-9(16)5-11-6-14(20-4)12(7-13(11)19-3)8-15-17-10(2)18-21-15/h6-7,9H,5,8,16H2,1-4H3/t9-/m1/s1. The van der Waals surface area contributed by atoms with Crippen molar-refractivity contribution in [2.24, 2.45) is 5.73 Å². The molecule has 0 radical (unpaired) electrons. The Bertz CT molecular complexity index is 608. The molecule has 0 fully saturated rings. The van der Waals surface area contributed by atoms with Crippen LogP contribution < -0.4 is 15.2 Å². The summed E-state index contributed by atoms with van der Waals surface area (Å²) in [5.74, 6) is 2.72. The molecule has 0 unspecified atom stereocenters. The lowest BCUT2D eigenvalue weighted by atomic mass is 10.0. The molecule has 0 spiro atoms. The van der Waals surface area contributed by atoms with Gasteiger partial charge in [-0.25, -0.2) is 0 Å². The molecule has 2 aromatic rings. The van der Waals surface area contributed by atoms with Crippen LogP contribution >= 0.6 is 0 Å². The SMILES string of the molecule is COc1cc(C[C@@H](C)N)c(OC)cc1Cc1nc(C)no1. The molecule has 0 saturated carbocycles. The molecule has 21 heavy (non-hydrogen) atoms. The van der Waals surface area contributed by atoms with Crippen LogP contribution in [-0.2, 0) is 12.8 Å². The number of aromatic nitrogens is 2. The van der Waals surface area contributed by atoms with E-state index in [1.807, 2.05) is 19.1 Å². The molecule has 0 aliphatic heterocycles. The summed E-state index contributed by atoms with van der Waals surface area (Å²) >= 11 is 0. The molecule has 6 nitrogen and oxygen atoms in total. The molecule has 2 rings (SSSR count). The van der Waals surface area contributed by atoms with Gasteiger partial charge in [-0.15, -0.1) is 0 Å². The summed E-state index contributed by atoms with van der Waals surface area (Å²) in [5, 5.41) is 3.79. The Hall–Kier alpha value is -2.08. The molecule has 1 aromatic carbocycles. The van der Waals surface area contributed by atoms with Crippen LogP contribution in [0.15, 0.2) is 16.7 Å². The first kappa shape index (κ1) is 15.3. The van der Waals surface area contributed by atoms with Crippen LogP contribution in [0, 0.1) is 6.92 Å². The highest BCUT2D eigenvalue weighted by Crippen LogP contribution is 2.31. The van der Waals surface area contributed by atoms with Crippen molar-refractivity contribution in [3.8, 4) is 11.5 Å². The molecule has 0 aliphatic carbocycles. The molecule has 0 amide bonds. The van der Waals surface area contributed by atoms with Crippen molar-refractivity contribution in [3.05, 3.63) is 35.0 Å². The van der Waals surface area contributed by atoms with Crippen LogP contribution in [-0.4, -0.2) is 30.4 Å². The Morgan fingerprint density at radius 1 is 1.19 bits per heavy atom. The highest BCUT2D eigenvalue weighted by Gasteiger charge is 2.15. The number of aryl methyl sites for hydroxylation is 1. The van der Waals surface area contributed by atoms with E-state index in [2.05, 4.69) is 10.1 Å². The average Bonchev–Trinajstić information content (AvgIpc) is 2.84. The van der Waals surface area contributed by atoms with Crippen molar-refractivity contribution in [1.29, 1.82) is 0 Å². The van der Waals surface area contributed by atoms with Gasteiger partial charge < -0.3 is 19.7 Å². The third kappa shape index (κ3) is 3.72. The molecular weight excluding hydrogens is 270 g/mol. The van der Waals surface area contributed by atoms with Crippen molar-refractivity contribution in [1.82, 2.24) is 10.1 Å². The fraction of sp³-hybridized carbons (Fsp3) is 0.467. The van der Waals surface area contributed by atoms with E-state index in [-0.39, 0.29) is 6.04 Å². The van der Waals surface area contributed by atoms with Crippen molar-refractivity contribution < 1.29 is 14.0 Å². The zero-order chi connectivity index (χ0) is 15.4. The highest BCUT2D eigenvalue weighted by molar-refractivity contribution is 5.47. The van der Waals surface area contributed by atoms with E-state index in [0.29, 0.717) is 18.1 Å². The topological polar surface area (TPSA) is 83.4 Å². The van der Waals surface area contributed by atoms with Gasteiger partial charge in [0.15, 0.2) is 5.82 Å². The number of nitrogens with zero attached hydrogens (tertiary/aromatic N) is 2. The molecule has 2 N–H and O–H groups in total. The van der Waals surface area contributed by atoms with Gasteiger partial charge in [0.25, 0.3) is 0 Å². The Labute approximate surface area is 124 Å². The van der Waals surface area contributed by atoms with Gasteiger partial charge in [-0.2, -0.15) is 4.98 Å². The first-order chi connectivity index (χ1) is 10.0. The Balaban J connectivity index is 2.36. The van der Waals surface area contributed by atoms with E-state index < -0.39 is 0 Å². The summed E-state index contributed by atoms with van der Waals surface area (Å²) in [4.78, 5) is 4.21. The van der Waals surface area contributed by atoms with Gasteiger partial charge in [-0.1, -0.05) is 5.16 Å². The van der Waals surface area contributed by atoms with Crippen LogP contribution in [0.3, 0.4) is 0 Å². The number of hydrogen-bond acceptors (Lipinski definition) is 6. The van der Waals surface area contributed by atoms with E-state index in [0.717, 1.165) is 29.0 Å². The molecule has 1 aromatic heterocycles. The van der Waals surface area contributed by atoms with Crippen molar-refractivity contribution >= 4 is 0 Å². The molecule has 6 heteroatoms. The first-order valence-corrected chi connectivity index (χ1v) is 6.82. The fourth-order valence-corrected chi connectivity index (χ4v) is 2.24. The minimum atomic E-state index is 0.0491. The van der Waals surface area contributed by atoms with Crippen molar-refractivity contribution in [2.75, 3.05) is 14.2 Å². The third-order valence-corrected chi connectivity index (χ3v) is 3.14. The van der Waals surface area contributed by atoms with Crippen LogP contribution in [0.25, 0.3) is 0 Å². The van der Waals surface area contributed by atoms with E-state index in [4.69, 9.17) is 19.7 Å². The first-order valence-electron chi connectivity index (χ1n) is 6.82. The summed E-state index contributed by atoms with van der Waals surface area (Å²) in [6, 6.07) is 3.95. The number of hydrogen-bond donors (Lipinski definition) is 1. The van der Waals surface area contributed by atoms with Crippen LogP contribution in [0.2, 0.25) is 0 Å². The molecule has 1 atom stereocenters. The number of rotatable bonds is 6. The summed E-state index contributed by atoms with van der Waals surface area (Å²) in [6.45, 7) is 3.75. The normalized spacial score (nSPS) is 12.2. The van der Waals surface area contributed by atoms with Gasteiger partial charge in [0.1, 0.15) is 11.5 Å². The number of benzene rings is 1. The second kappa shape index (κ2) is 6.58. The summed E-state index contributed by atoms with van der Waals surface area (Å²) < 4.78 is 16.1. The van der Waals surface area contributed by atoms with E-state index >= 15 is 0 Å². The van der Waals surface area contributed by atoms with Crippen LogP contribution in [0.1, 0.15) is 29.8 Å². The molecule has 0 bridgehead atoms. The van der Waals surface area contributed by atoms with Crippen molar-refractivity contribution in [2.45, 2.75) is 32.7 Å². The zero-order valence-electron chi connectivity index (χ0n) is 12.8. The zero-order valence-corrected chi connectivity index (χ0v) is 12.8. The van der Waals surface area contributed by atoms with Gasteiger partial charge in [-0.05, 0) is 38.0 Å². The van der Waals surface area contributed by atoms with Crippen LogP contribution in [0.5, 0.6) is 11.5 Å².